The summed E-state index contributed by atoms with van der Waals surface area (Å²) >= 11 is 0. The number of primary amides is 1. The molecule has 0 spiro atoms. The number of alkyl halides is 2. The van der Waals surface area contributed by atoms with Gasteiger partial charge in [-0.25, -0.2) is 8.78 Å². The first kappa shape index (κ1) is 12.0. The minimum Gasteiger partial charge on any atom is -0.366 e. The Balaban J connectivity index is 2.21. The van der Waals surface area contributed by atoms with E-state index < -0.39 is 11.8 Å². The Morgan fingerprint density at radius 3 is 2.41 bits per heavy atom. The van der Waals surface area contributed by atoms with Crippen molar-refractivity contribution < 1.29 is 13.6 Å². The van der Waals surface area contributed by atoms with Crippen LogP contribution in [0.5, 0.6) is 0 Å². The molecule has 1 aromatic rings. The van der Waals surface area contributed by atoms with E-state index >= 15 is 0 Å². The fraction of sp³-hybridized carbons (Fsp3) is 0.462. The Labute approximate surface area is 98.8 Å². The highest BCUT2D eigenvalue weighted by molar-refractivity contribution is 5.94. The Morgan fingerprint density at radius 2 is 1.82 bits per heavy atom. The summed E-state index contributed by atoms with van der Waals surface area (Å²) in [7, 11) is 0. The minimum absolute atomic E-state index is 0.0262. The summed E-state index contributed by atoms with van der Waals surface area (Å²) in [5.41, 5.74) is 6.56. The second-order valence-corrected chi connectivity index (χ2v) is 4.58. The van der Waals surface area contributed by atoms with Crippen molar-refractivity contribution in [1.82, 2.24) is 0 Å². The summed E-state index contributed by atoms with van der Waals surface area (Å²) in [6.07, 6.45) is 0.615. The van der Waals surface area contributed by atoms with Crippen LogP contribution in [0.2, 0.25) is 0 Å². The summed E-state index contributed by atoms with van der Waals surface area (Å²) in [5.74, 6) is -3.01. The fourth-order valence-electron chi connectivity index (χ4n) is 2.43. The second-order valence-electron chi connectivity index (χ2n) is 4.58. The van der Waals surface area contributed by atoms with Gasteiger partial charge in [0.2, 0.25) is 11.8 Å². The molecule has 0 unspecified atom stereocenters. The number of benzene rings is 1. The van der Waals surface area contributed by atoms with Crippen molar-refractivity contribution in [3.05, 3.63) is 35.4 Å². The van der Waals surface area contributed by atoms with E-state index in [0.717, 1.165) is 5.56 Å². The number of nitrogens with two attached hydrogens (primary N) is 1. The van der Waals surface area contributed by atoms with E-state index in [2.05, 4.69) is 0 Å². The third-order valence-electron chi connectivity index (χ3n) is 3.38. The molecule has 0 atom stereocenters. The molecule has 1 aliphatic carbocycles. The summed E-state index contributed by atoms with van der Waals surface area (Å²) in [4.78, 5) is 11.3. The van der Waals surface area contributed by atoms with E-state index in [-0.39, 0.29) is 18.8 Å². The third kappa shape index (κ3) is 2.62. The molecule has 2 nitrogen and oxygen atoms in total. The summed E-state index contributed by atoms with van der Waals surface area (Å²) < 4.78 is 26.1. The molecule has 0 aromatic heterocycles. The zero-order valence-electron chi connectivity index (χ0n) is 9.46. The smallest absolute Gasteiger partial charge is 0.248 e. The molecule has 0 bridgehead atoms. The Kier molecular flexibility index (Phi) is 3.13. The minimum atomic E-state index is -2.54. The summed E-state index contributed by atoms with van der Waals surface area (Å²) in [6.45, 7) is 0. The van der Waals surface area contributed by atoms with E-state index in [9.17, 15) is 13.6 Å². The number of hydrogen-bond acceptors (Lipinski definition) is 1. The number of amides is 1. The highest BCUT2D eigenvalue weighted by Gasteiger charge is 2.36. The van der Waals surface area contributed by atoms with Gasteiger partial charge in [-0.1, -0.05) is 18.2 Å². The van der Waals surface area contributed by atoms with Crippen molar-refractivity contribution in [3.8, 4) is 0 Å². The van der Waals surface area contributed by atoms with E-state index in [0.29, 0.717) is 18.4 Å². The molecule has 2 N–H and O–H groups in total. The lowest BCUT2D eigenvalue weighted by Gasteiger charge is -2.29. The molecule has 1 aromatic carbocycles. The van der Waals surface area contributed by atoms with E-state index in [1.54, 1.807) is 12.1 Å². The molecule has 0 heterocycles. The zero-order valence-corrected chi connectivity index (χ0v) is 9.46. The topological polar surface area (TPSA) is 43.1 Å². The van der Waals surface area contributed by atoms with E-state index in [4.69, 9.17) is 5.73 Å². The molecule has 1 amide bonds. The second kappa shape index (κ2) is 4.43. The van der Waals surface area contributed by atoms with Crippen LogP contribution in [0.1, 0.15) is 47.5 Å². The Morgan fingerprint density at radius 1 is 1.24 bits per heavy atom. The van der Waals surface area contributed by atoms with Crippen molar-refractivity contribution in [2.75, 3.05) is 0 Å². The standard InChI is InChI=1S/C13H15F2NO/c14-13(15)7-5-9(6-8-13)10-3-1-2-4-11(10)12(16)17/h1-4,9H,5-8H2,(H2,16,17). The van der Waals surface area contributed by atoms with Crippen molar-refractivity contribution in [1.29, 1.82) is 0 Å². The predicted molar refractivity (Wildman–Crippen MR) is 61.1 cm³/mol. The number of carbonyl (C=O) groups is 1. The predicted octanol–water partition coefficient (Wildman–Crippen LogP) is 3.08. The van der Waals surface area contributed by atoms with Gasteiger partial charge in [-0.2, -0.15) is 0 Å². The maximum atomic E-state index is 13.1. The first-order valence-electron chi connectivity index (χ1n) is 5.76. The van der Waals surface area contributed by atoms with Crippen LogP contribution >= 0.6 is 0 Å². The van der Waals surface area contributed by atoms with Crippen molar-refractivity contribution in [2.24, 2.45) is 5.73 Å². The maximum Gasteiger partial charge on any atom is 0.248 e. The molecule has 1 saturated carbocycles. The van der Waals surface area contributed by atoms with Crippen LogP contribution in [0.25, 0.3) is 0 Å². The molecule has 1 aliphatic rings. The number of hydrogen-bond donors (Lipinski definition) is 1. The highest BCUT2D eigenvalue weighted by atomic mass is 19.3. The van der Waals surface area contributed by atoms with Crippen LogP contribution < -0.4 is 5.73 Å². The fourth-order valence-corrected chi connectivity index (χ4v) is 2.43. The monoisotopic (exact) mass is 239 g/mol. The van der Waals surface area contributed by atoms with Gasteiger partial charge in [0.25, 0.3) is 0 Å². The molecule has 0 saturated heterocycles. The zero-order chi connectivity index (χ0) is 12.5. The van der Waals surface area contributed by atoms with Gasteiger partial charge >= 0.3 is 0 Å². The lowest BCUT2D eigenvalue weighted by molar-refractivity contribution is -0.0382. The molecule has 0 radical (unpaired) electrons. The molecule has 4 heteroatoms. The summed E-state index contributed by atoms with van der Waals surface area (Å²) in [6, 6.07) is 7.02. The first-order chi connectivity index (χ1) is 7.99. The lowest BCUT2D eigenvalue weighted by Crippen LogP contribution is -2.25. The van der Waals surface area contributed by atoms with Gasteiger partial charge in [0.15, 0.2) is 0 Å². The quantitative estimate of drug-likeness (QED) is 0.846. The van der Waals surface area contributed by atoms with Gasteiger partial charge in [-0.05, 0) is 30.4 Å². The van der Waals surface area contributed by atoms with Gasteiger partial charge in [-0.3, -0.25) is 4.79 Å². The largest absolute Gasteiger partial charge is 0.366 e. The third-order valence-corrected chi connectivity index (χ3v) is 3.38. The molecular weight excluding hydrogens is 224 g/mol. The lowest BCUT2D eigenvalue weighted by atomic mass is 9.80. The number of halogens is 2. The number of carbonyl (C=O) groups excluding carboxylic acids is 1. The van der Waals surface area contributed by atoms with Crippen LogP contribution in [-0.4, -0.2) is 11.8 Å². The highest BCUT2D eigenvalue weighted by Crippen LogP contribution is 2.41. The van der Waals surface area contributed by atoms with Gasteiger partial charge in [0.05, 0.1) is 0 Å². The van der Waals surface area contributed by atoms with Crippen LogP contribution in [0.15, 0.2) is 24.3 Å². The van der Waals surface area contributed by atoms with Crippen LogP contribution in [0.3, 0.4) is 0 Å². The molecule has 17 heavy (non-hydrogen) atoms. The molecule has 0 aliphatic heterocycles. The Bertz CT molecular complexity index is 421. The average molecular weight is 239 g/mol. The summed E-state index contributed by atoms with van der Waals surface area (Å²) in [5, 5.41) is 0. The van der Waals surface area contributed by atoms with Crippen molar-refractivity contribution in [2.45, 2.75) is 37.5 Å². The normalized spacial score (nSPS) is 20.1. The van der Waals surface area contributed by atoms with Crippen molar-refractivity contribution >= 4 is 5.91 Å². The molecule has 1 fully saturated rings. The molecular formula is C13H15F2NO. The van der Waals surface area contributed by atoms with E-state index in [1.807, 2.05) is 12.1 Å². The van der Waals surface area contributed by atoms with Crippen LogP contribution in [-0.2, 0) is 0 Å². The SMILES string of the molecule is NC(=O)c1ccccc1C1CCC(F)(F)CC1. The first-order valence-corrected chi connectivity index (χ1v) is 5.76. The van der Waals surface area contributed by atoms with Crippen molar-refractivity contribution in [3.63, 3.8) is 0 Å². The Hall–Kier alpha value is -1.45. The van der Waals surface area contributed by atoms with E-state index in [1.165, 1.54) is 0 Å². The van der Waals surface area contributed by atoms with Gasteiger partial charge in [0, 0.05) is 18.4 Å². The van der Waals surface area contributed by atoms with Gasteiger partial charge < -0.3 is 5.73 Å². The average Bonchev–Trinajstić information content (AvgIpc) is 2.29. The van der Waals surface area contributed by atoms with Crippen LogP contribution in [0.4, 0.5) is 8.78 Å². The molecule has 92 valence electrons. The van der Waals surface area contributed by atoms with Crippen LogP contribution in [0, 0.1) is 0 Å². The van der Waals surface area contributed by atoms with Gasteiger partial charge in [0.1, 0.15) is 0 Å². The molecule has 2 rings (SSSR count). The maximum absolute atomic E-state index is 13.1. The van der Waals surface area contributed by atoms with Gasteiger partial charge in [-0.15, -0.1) is 0 Å². The number of rotatable bonds is 2.